The fraction of sp³-hybridized carbons (Fsp3) is 0.375. The van der Waals surface area contributed by atoms with Crippen LogP contribution in [0.3, 0.4) is 0 Å². The molecule has 0 fully saturated rings. The number of aliphatic carboxylic acids is 1. The molecule has 2 aromatic rings. The second-order valence-electron chi connectivity index (χ2n) is 7.97. The van der Waals surface area contributed by atoms with E-state index in [-0.39, 0.29) is 30.8 Å². The lowest BCUT2D eigenvalue weighted by atomic mass is 9.98. The normalized spacial score (nSPS) is 14.1. The first kappa shape index (κ1) is 22.3. The van der Waals surface area contributed by atoms with Crippen molar-refractivity contribution in [2.45, 2.75) is 38.6 Å². The van der Waals surface area contributed by atoms with E-state index in [1.807, 2.05) is 43.3 Å². The van der Waals surface area contributed by atoms with Crippen LogP contribution >= 0.6 is 0 Å². The lowest BCUT2D eigenvalue weighted by molar-refractivity contribution is -0.137. The van der Waals surface area contributed by atoms with Gasteiger partial charge in [-0.25, -0.2) is 4.79 Å². The summed E-state index contributed by atoms with van der Waals surface area (Å²) in [4.78, 5) is 35.1. The number of carbonyl (C=O) groups is 3. The van der Waals surface area contributed by atoms with Gasteiger partial charge in [-0.3, -0.25) is 9.59 Å². The van der Waals surface area contributed by atoms with Crippen LogP contribution in [0.5, 0.6) is 0 Å². The molecule has 2 atom stereocenters. The monoisotopic (exact) mass is 424 g/mol. The highest BCUT2D eigenvalue weighted by Gasteiger charge is 2.29. The van der Waals surface area contributed by atoms with Crippen LogP contribution in [0.2, 0.25) is 0 Å². The van der Waals surface area contributed by atoms with Crippen LogP contribution < -0.4 is 10.6 Å². The van der Waals surface area contributed by atoms with Gasteiger partial charge in [-0.1, -0.05) is 55.5 Å². The van der Waals surface area contributed by atoms with Gasteiger partial charge in [-0.2, -0.15) is 0 Å². The number of ether oxygens (including phenoxy) is 1. The zero-order chi connectivity index (χ0) is 22.4. The average Bonchev–Trinajstić information content (AvgIpc) is 3.08. The van der Waals surface area contributed by atoms with Gasteiger partial charge in [0, 0.05) is 18.9 Å². The SMILES string of the molecule is CC(CCC(=O)O)CNC(=O)[C@@H](C)NC(=O)OCC1c2ccccc2-c2ccccc21. The van der Waals surface area contributed by atoms with Gasteiger partial charge in [0.2, 0.25) is 5.91 Å². The predicted octanol–water partition coefficient (Wildman–Crippen LogP) is 3.53. The summed E-state index contributed by atoms with van der Waals surface area (Å²) in [6.07, 6.45) is -0.113. The van der Waals surface area contributed by atoms with Crippen LogP contribution in [-0.2, 0) is 14.3 Å². The van der Waals surface area contributed by atoms with Crippen molar-refractivity contribution in [3.05, 3.63) is 59.7 Å². The van der Waals surface area contributed by atoms with Crippen molar-refractivity contribution in [2.75, 3.05) is 13.2 Å². The van der Waals surface area contributed by atoms with Crippen molar-refractivity contribution >= 4 is 18.0 Å². The van der Waals surface area contributed by atoms with Gasteiger partial charge in [-0.05, 0) is 41.5 Å². The summed E-state index contributed by atoms with van der Waals surface area (Å²) >= 11 is 0. The van der Waals surface area contributed by atoms with Crippen molar-refractivity contribution < 1.29 is 24.2 Å². The molecule has 3 rings (SSSR count). The highest BCUT2D eigenvalue weighted by atomic mass is 16.5. The standard InChI is InChI=1S/C24H28N2O5/c1-15(11-12-22(27)28)13-25-23(29)16(2)26-24(30)31-14-21-19-9-5-3-7-17(19)18-8-4-6-10-20(18)21/h3-10,15-16,21H,11-14H2,1-2H3,(H,25,29)(H,26,30)(H,27,28)/t15?,16-/m1/s1. The Morgan fingerprint density at radius 3 is 2.16 bits per heavy atom. The second-order valence-corrected chi connectivity index (χ2v) is 7.97. The molecule has 0 saturated carbocycles. The van der Waals surface area contributed by atoms with Gasteiger partial charge in [0.25, 0.3) is 0 Å². The molecule has 1 unspecified atom stereocenters. The number of hydrogen-bond donors (Lipinski definition) is 3. The van der Waals surface area contributed by atoms with Crippen LogP contribution in [0.25, 0.3) is 11.1 Å². The topological polar surface area (TPSA) is 105 Å². The molecule has 0 bridgehead atoms. The van der Waals surface area contributed by atoms with Gasteiger partial charge >= 0.3 is 12.1 Å². The van der Waals surface area contributed by atoms with Crippen LogP contribution in [0.4, 0.5) is 4.79 Å². The number of hydrogen-bond acceptors (Lipinski definition) is 4. The first-order valence-corrected chi connectivity index (χ1v) is 10.5. The quantitative estimate of drug-likeness (QED) is 0.571. The predicted molar refractivity (Wildman–Crippen MR) is 117 cm³/mol. The molecular weight excluding hydrogens is 396 g/mol. The molecule has 2 aromatic carbocycles. The molecule has 31 heavy (non-hydrogen) atoms. The summed E-state index contributed by atoms with van der Waals surface area (Å²) in [5, 5.41) is 14.0. The number of fused-ring (bicyclic) bond motifs is 3. The number of carbonyl (C=O) groups excluding carboxylic acids is 2. The van der Waals surface area contributed by atoms with Crippen molar-refractivity contribution in [2.24, 2.45) is 5.92 Å². The van der Waals surface area contributed by atoms with Crippen LogP contribution in [-0.4, -0.2) is 42.3 Å². The van der Waals surface area contributed by atoms with E-state index in [1.165, 1.54) is 0 Å². The Kier molecular flexibility index (Phi) is 7.28. The van der Waals surface area contributed by atoms with Crippen LogP contribution in [0, 0.1) is 5.92 Å². The summed E-state index contributed by atoms with van der Waals surface area (Å²) < 4.78 is 5.46. The molecule has 7 nitrogen and oxygen atoms in total. The Hall–Kier alpha value is -3.35. The maximum atomic E-state index is 12.3. The van der Waals surface area contributed by atoms with Gasteiger partial charge in [0.1, 0.15) is 12.6 Å². The molecule has 1 aliphatic rings. The Balaban J connectivity index is 1.49. The summed E-state index contributed by atoms with van der Waals surface area (Å²) in [7, 11) is 0. The Morgan fingerprint density at radius 1 is 1.00 bits per heavy atom. The lowest BCUT2D eigenvalue weighted by Crippen LogP contribution is -2.46. The Labute approximate surface area is 181 Å². The highest BCUT2D eigenvalue weighted by molar-refractivity contribution is 5.85. The molecule has 0 aliphatic heterocycles. The summed E-state index contributed by atoms with van der Waals surface area (Å²) in [5.41, 5.74) is 4.55. The van der Waals surface area contributed by atoms with Crippen molar-refractivity contribution in [3.63, 3.8) is 0 Å². The second kappa shape index (κ2) is 10.1. The molecule has 0 spiro atoms. The van der Waals surface area contributed by atoms with E-state index >= 15 is 0 Å². The third-order valence-corrected chi connectivity index (χ3v) is 5.55. The van der Waals surface area contributed by atoms with Gasteiger partial charge in [0.15, 0.2) is 0 Å². The first-order valence-electron chi connectivity index (χ1n) is 10.5. The molecule has 7 heteroatoms. The minimum absolute atomic E-state index is 0.0294. The lowest BCUT2D eigenvalue weighted by Gasteiger charge is -2.18. The Morgan fingerprint density at radius 2 is 1.58 bits per heavy atom. The van der Waals surface area contributed by atoms with E-state index in [9.17, 15) is 14.4 Å². The third-order valence-electron chi connectivity index (χ3n) is 5.55. The fourth-order valence-electron chi connectivity index (χ4n) is 3.78. The number of rotatable bonds is 9. The minimum Gasteiger partial charge on any atom is -0.481 e. The highest BCUT2D eigenvalue weighted by Crippen LogP contribution is 2.44. The Bertz CT molecular complexity index is 913. The molecule has 0 radical (unpaired) electrons. The van der Waals surface area contributed by atoms with Crippen molar-refractivity contribution in [1.82, 2.24) is 10.6 Å². The van der Waals surface area contributed by atoms with Crippen molar-refractivity contribution in [1.29, 1.82) is 0 Å². The van der Waals surface area contributed by atoms with E-state index in [4.69, 9.17) is 9.84 Å². The first-order chi connectivity index (χ1) is 14.9. The number of alkyl carbamates (subject to hydrolysis) is 1. The largest absolute Gasteiger partial charge is 0.481 e. The summed E-state index contributed by atoms with van der Waals surface area (Å²) in [6.45, 7) is 3.98. The van der Waals surface area contributed by atoms with Crippen LogP contribution in [0.1, 0.15) is 43.7 Å². The molecule has 164 valence electrons. The zero-order valence-electron chi connectivity index (χ0n) is 17.8. The van der Waals surface area contributed by atoms with Gasteiger partial charge in [-0.15, -0.1) is 0 Å². The van der Waals surface area contributed by atoms with Crippen LogP contribution in [0.15, 0.2) is 48.5 Å². The summed E-state index contributed by atoms with van der Waals surface area (Å²) in [6, 6.07) is 15.4. The maximum absolute atomic E-state index is 12.3. The number of nitrogens with one attached hydrogen (secondary N) is 2. The number of carboxylic acids is 1. The minimum atomic E-state index is -0.858. The number of benzene rings is 2. The molecule has 2 amide bonds. The fourth-order valence-corrected chi connectivity index (χ4v) is 3.78. The number of carboxylic acid groups (broad SMARTS) is 1. The molecule has 3 N–H and O–H groups in total. The molecule has 1 aliphatic carbocycles. The van der Waals surface area contributed by atoms with Crippen molar-refractivity contribution in [3.8, 4) is 11.1 Å². The third kappa shape index (κ3) is 5.63. The van der Waals surface area contributed by atoms with E-state index < -0.39 is 18.1 Å². The van der Waals surface area contributed by atoms with Gasteiger partial charge in [0.05, 0.1) is 0 Å². The maximum Gasteiger partial charge on any atom is 0.407 e. The van der Waals surface area contributed by atoms with Gasteiger partial charge < -0.3 is 20.5 Å². The van der Waals surface area contributed by atoms with E-state index in [1.54, 1.807) is 6.92 Å². The van der Waals surface area contributed by atoms with E-state index in [0.717, 1.165) is 22.3 Å². The average molecular weight is 424 g/mol. The molecule has 0 heterocycles. The van der Waals surface area contributed by atoms with E-state index in [2.05, 4.69) is 22.8 Å². The molecule has 0 aromatic heterocycles. The van der Waals surface area contributed by atoms with E-state index in [0.29, 0.717) is 13.0 Å². The number of amides is 2. The molecular formula is C24H28N2O5. The molecule has 0 saturated heterocycles. The zero-order valence-corrected chi connectivity index (χ0v) is 17.8. The smallest absolute Gasteiger partial charge is 0.407 e. The summed E-state index contributed by atoms with van der Waals surface area (Å²) in [5.74, 6) is -1.21.